The zero-order chi connectivity index (χ0) is 16.8. The molecule has 0 spiro atoms. The number of hydrogen-bond acceptors (Lipinski definition) is 3. The lowest BCUT2D eigenvalue weighted by Crippen LogP contribution is -2.49. The van der Waals surface area contributed by atoms with Gasteiger partial charge in [0, 0.05) is 13.1 Å². The lowest BCUT2D eigenvalue weighted by Gasteiger charge is -2.33. The highest BCUT2D eigenvalue weighted by molar-refractivity contribution is 5.85. The first-order valence-electron chi connectivity index (χ1n) is 7.87. The second kappa shape index (κ2) is 7.94. The molecule has 0 saturated carbocycles. The van der Waals surface area contributed by atoms with E-state index in [4.69, 9.17) is 0 Å². The Kier molecular flexibility index (Phi) is 5.96. The average molecular weight is 322 g/mol. The lowest BCUT2D eigenvalue weighted by molar-refractivity contribution is -0.134. The van der Waals surface area contributed by atoms with Crippen LogP contribution in [0, 0.1) is 11.7 Å². The van der Waals surface area contributed by atoms with Crippen LogP contribution in [0.3, 0.4) is 0 Å². The van der Waals surface area contributed by atoms with Crippen LogP contribution in [0.2, 0.25) is 0 Å². The number of nitrogens with zero attached hydrogens (tertiary/aromatic N) is 1. The summed E-state index contributed by atoms with van der Waals surface area (Å²) < 4.78 is 17.4. The summed E-state index contributed by atoms with van der Waals surface area (Å²) in [5, 5.41) is 2.50. The molecule has 1 aliphatic heterocycles. The van der Waals surface area contributed by atoms with Gasteiger partial charge >= 0.3 is 6.09 Å². The molecule has 23 heavy (non-hydrogen) atoms. The molecule has 2 rings (SSSR count). The zero-order valence-electron chi connectivity index (χ0n) is 13.5. The smallest absolute Gasteiger partial charge is 0.407 e. The van der Waals surface area contributed by atoms with E-state index in [0.717, 1.165) is 24.8 Å². The van der Waals surface area contributed by atoms with Crippen LogP contribution in [-0.4, -0.2) is 43.1 Å². The summed E-state index contributed by atoms with van der Waals surface area (Å²) in [6.45, 7) is 3.01. The van der Waals surface area contributed by atoms with Crippen LogP contribution in [0.1, 0.15) is 25.3 Å². The van der Waals surface area contributed by atoms with Gasteiger partial charge in [-0.25, -0.2) is 9.18 Å². The summed E-state index contributed by atoms with van der Waals surface area (Å²) >= 11 is 0. The number of piperidine rings is 1. The Morgan fingerprint density at radius 2 is 1.91 bits per heavy atom. The molecule has 1 saturated heterocycles. The third-order valence-corrected chi connectivity index (χ3v) is 4.25. The minimum atomic E-state index is -0.600. The zero-order valence-corrected chi connectivity index (χ0v) is 13.5. The maximum absolute atomic E-state index is 12.9. The number of likely N-dealkylation sites (tertiary alicyclic amines) is 1. The predicted molar refractivity (Wildman–Crippen MR) is 84.4 cm³/mol. The largest absolute Gasteiger partial charge is 0.453 e. The number of carbonyl (C=O) groups is 2. The van der Waals surface area contributed by atoms with Crippen molar-refractivity contribution >= 4 is 12.0 Å². The molecule has 1 N–H and O–H groups in total. The Balaban J connectivity index is 1.80. The van der Waals surface area contributed by atoms with E-state index in [2.05, 4.69) is 10.1 Å². The number of ether oxygens (including phenoxy) is 1. The van der Waals surface area contributed by atoms with Gasteiger partial charge in [-0.2, -0.15) is 0 Å². The fourth-order valence-electron chi connectivity index (χ4n) is 2.88. The van der Waals surface area contributed by atoms with Gasteiger partial charge in [0.05, 0.1) is 7.11 Å². The van der Waals surface area contributed by atoms with Gasteiger partial charge in [-0.15, -0.1) is 0 Å². The molecule has 0 aliphatic carbocycles. The molecule has 1 fully saturated rings. The summed E-state index contributed by atoms with van der Waals surface area (Å²) in [5.74, 6) is 0.185. The summed E-state index contributed by atoms with van der Waals surface area (Å²) in [4.78, 5) is 25.2. The predicted octanol–water partition coefficient (Wildman–Crippen LogP) is 2.35. The number of rotatable bonds is 4. The van der Waals surface area contributed by atoms with E-state index in [1.807, 2.05) is 12.1 Å². The maximum atomic E-state index is 12.9. The van der Waals surface area contributed by atoms with Gasteiger partial charge in [0.25, 0.3) is 0 Å². The van der Waals surface area contributed by atoms with Gasteiger partial charge in [-0.1, -0.05) is 12.1 Å². The van der Waals surface area contributed by atoms with E-state index in [9.17, 15) is 14.0 Å². The second-order valence-electron chi connectivity index (χ2n) is 5.96. The van der Waals surface area contributed by atoms with Crippen molar-refractivity contribution in [2.75, 3.05) is 20.2 Å². The Morgan fingerprint density at radius 1 is 1.30 bits per heavy atom. The normalized spacial score (nSPS) is 16.7. The molecule has 1 aromatic carbocycles. The number of amides is 2. The molecular formula is C17H23FN2O3. The number of halogens is 1. The first-order chi connectivity index (χ1) is 11.0. The molecule has 1 aromatic rings. The van der Waals surface area contributed by atoms with Crippen molar-refractivity contribution in [3.63, 3.8) is 0 Å². The maximum Gasteiger partial charge on any atom is 0.407 e. The molecule has 5 nitrogen and oxygen atoms in total. The summed E-state index contributed by atoms with van der Waals surface area (Å²) in [5.41, 5.74) is 1.12. The van der Waals surface area contributed by atoms with Crippen LogP contribution in [-0.2, 0) is 16.0 Å². The Labute approximate surface area is 135 Å². The first-order valence-corrected chi connectivity index (χ1v) is 7.87. The van der Waals surface area contributed by atoms with Crippen LogP contribution >= 0.6 is 0 Å². The van der Waals surface area contributed by atoms with Gasteiger partial charge in [-0.3, -0.25) is 4.79 Å². The fraction of sp³-hybridized carbons (Fsp3) is 0.529. The van der Waals surface area contributed by atoms with Crippen LogP contribution in [0.5, 0.6) is 0 Å². The third-order valence-electron chi connectivity index (χ3n) is 4.25. The average Bonchev–Trinajstić information content (AvgIpc) is 2.56. The van der Waals surface area contributed by atoms with E-state index in [1.54, 1.807) is 11.8 Å². The van der Waals surface area contributed by atoms with Crippen molar-refractivity contribution in [3.8, 4) is 0 Å². The van der Waals surface area contributed by atoms with E-state index in [1.165, 1.54) is 19.2 Å². The highest BCUT2D eigenvalue weighted by atomic mass is 19.1. The highest BCUT2D eigenvalue weighted by Crippen LogP contribution is 2.22. The topological polar surface area (TPSA) is 58.6 Å². The third kappa shape index (κ3) is 4.94. The van der Waals surface area contributed by atoms with Gasteiger partial charge in [-0.05, 0) is 49.8 Å². The summed E-state index contributed by atoms with van der Waals surface area (Å²) in [7, 11) is 1.27. The molecule has 1 aliphatic rings. The van der Waals surface area contributed by atoms with E-state index < -0.39 is 12.1 Å². The molecule has 1 atom stereocenters. The molecule has 6 heteroatoms. The standard InChI is InChI=1S/C17H23FN2O3/c1-12(19-17(22)23-2)16(21)20-9-7-14(8-10-20)11-13-3-5-15(18)6-4-13/h3-6,12,14H,7-11H2,1-2H3,(H,19,22)/t12-/m1/s1. The molecule has 126 valence electrons. The van der Waals surface area contributed by atoms with Crippen molar-refractivity contribution in [3.05, 3.63) is 35.6 Å². The van der Waals surface area contributed by atoms with Gasteiger partial charge < -0.3 is 15.0 Å². The molecule has 0 unspecified atom stereocenters. The molecular weight excluding hydrogens is 299 g/mol. The van der Waals surface area contributed by atoms with E-state index >= 15 is 0 Å². The fourth-order valence-corrected chi connectivity index (χ4v) is 2.88. The number of alkyl carbamates (subject to hydrolysis) is 1. The van der Waals surface area contributed by atoms with Crippen LogP contribution in [0.25, 0.3) is 0 Å². The minimum absolute atomic E-state index is 0.0874. The van der Waals surface area contributed by atoms with Crippen LogP contribution < -0.4 is 5.32 Å². The SMILES string of the molecule is COC(=O)N[C@H](C)C(=O)N1CCC(Cc2ccc(F)cc2)CC1. The van der Waals surface area contributed by atoms with Gasteiger partial charge in [0.2, 0.25) is 5.91 Å². The van der Waals surface area contributed by atoms with Gasteiger partial charge in [0.1, 0.15) is 11.9 Å². The Morgan fingerprint density at radius 3 is 2.48 bits per heavy atom. The number of benzene rings is 1. The van der Waals surface area contributed by atoms with Gasteiger partial charge in [0.15, 0.2) is 0 Å². The van der Waals surface area contributed by atoms with Crippen LogP contribution in [0.15, 0.2) is 24.3 Å². The molecule has 1 heterocycles. The molecule has 0 radical (unpaired) electrons. The number of nitrogens with one attached hydrogen (secondary N) is 1. The second-order valence-corrected chi connectivity index (χ2v) is 5.96. The monoisotopic (exact) mass is 322 g/mol. The van der Waals surface area contributed by atoms with Crippen LogP contribution in [0.4, 0.5) is 9.18 Å². The van der Waals surface area contributed by atoms with Crippen molar-refractivity contribution in [2.45, 2.75) is 32.2 Å². The quantitative estimate of drug-likeness (QED) is 0.926. The van der Waals surface area contributed by atoms with E-state index in [-0.39, 0.29) is 11.7 Å². The summed E-state index contributed by atoms with van der Waals surface area (Å²) in [6, 6.07) is 6.00. The lowest BCUT2D eigenvalue weighted by atomic mass is 9.90. The Bertz CT molecular complexity index is 539. The van der Waals surface area contributed by atoms with Crippen molar-refractivity contribution in [2.24, 2.45) is 5.92 Å². The number of methoxy groups -OCH3 is 1. The first kappa shape index (κ1) is 17.2. The molecule has 2 amide bonds. The molecule has 0 bridgehead atoms. The number of hydrogen-bond donors (Lipinski definition) is 1. The number of carbonyl (C=O) groups excluding carboxylic acids is 2. The summed E-state index contributed by atoms with van der Waals surface area (Å²) in [6.07, 6.45) is 2.12. The highest BCUT2D eigenvalue weighted by Gasteiger charge is 2.27. The van der Waals surface area contributed by atoms with Crippen molar-refractivity contribution in [1.29, 1.82) is 0 Å². The van der Waals surface area contributed by atoms with E-state index in [0.29, 0.717) is 19.0 Å². The van der Waals surface area contributed by atoms with Crippen molar-refractivity contribution in [1.82, 2.24) is 10.2 Å². The van der Waals surface area contributed by atoms with Crippen molar-refractivity contribution < 1.29 is 18.7 Å². The Hall–Kier alpha value is -2.11. The minimum Gasteiger partial charge on any atom is -0.453 e. The molecule has 0 aromatic heterocycles.